The molecule has 0 aliphatic heterocycles. The largest absolute Gasteiger partial charge is 0.398 e. The van der Waals surface area contributed by atoms with Crippen molar-refractivity contribution >= 4 is 21.6 Å². The van der Waals surface area contributed by atoms with Crippen LogP contribution in [0.5, 0.6) is 0 Å². The topological polar surface area (TPSA) is 101 Å². The fraction of sp³-hybridized carbons (Fsp3) is 0.417. The molecule has 0 atom stereocenters. The summed E-state index contributed by atoms with van der Waals surface area (Å²) in [6.07, 6.45) is 0.147. The van der Waals surface area contributed by atoms with Gasteiger partial charge in [0.25, 0.3) is 0 Å². The van der Waals surface area contributed by atoms with Crippen molar-refractivity contribution in [3.63, 3.8) is 0 Å². The summed E-state index contributed by atoms with van der Waals surface area (Å²) in [6.45, 7) is 2.13. The van der Waals surface area contributed by atoms with E-state index in [1.165, 1.54) is 0 Å². The van der Waals surface area contributed by atoms with Gasteiger partial charge in [0, 0.05) is 18.8 Å². The van der Waals surface area contributed by atoms with Crippen LogP contribution in [0.4, 0.5) is 5.69 Å². The number of nitrogens with one attached hydrogen (secondary N) is 2. The van der Waals surface area contributed by atoms with Crippen LogP contribution in [0.3, 0.4) is 0 Å². The quantitative estimate of drug-likeness (QED) is 0.607. The molecule has 0 unspecified atom stereocenters. The number of rotatable bonds is 7. The number of carbonyl (C=O) groups excluding carboxylic acids is 1. The molecule has 1 rings (SSSR count). The second-order valence-electron chi connectivity index (χ2n) is 4.04. The molecule has 0 aliphatic rings. The maximum absolute atomic E-state index is 11.6. The van der Waals surface area contributed by atoms with Gasteiger partial charge in [-0.05, 0) is 11.6 Å². The minimum atomic E-state index is -3.30. The highest BCUT2D eigenvalue weighted by Crippen LogP contribution is 2.10. The summed E-state index contributed by atoms with van der Waals surface area (Å²) in [4.78, 5) is 11.6. The minimum absolute atomic E-state index is 0.0842. The van der Waals surface area contributed by atoms with Gasteiger partial charge in [0.15, 0.2) is 0 Å². The molecule has 0 aliphatic carbocycles. The van der Waals surface area contributed by atoms with Crippen LogP contribution < -0.4 is 15.8 Å². The molecule has 7 heteroatoms. The summed E-state index contributed by atoms with van der Waals surface area (Å²) in [7, 11) is -3.30. The fourth-order valence-electron chi connectivity index (χ4n) is 1.55. The summed E-state index contributed by atoms with van der Waals surface area (Å²) < 4.78 is 25.0. The molecule has 19 heavy (non-hydrogen) atoms. The van der Waals surface area contributed by atoms with E-state index in [1.807, 2.05) is 0 Å². The summed E-state index contributed by atoms with van der Waals surface area (Å²) in [5.74, 6) is -0.374. The van der Waals surface area contributed by atoms with E-state index in [2.05, 4.69) is 10.0 Å². The Labute approximate surface area is 113 Å². The highest BCUT2D eigenvalue weighted by Gasteiger charge is 2.10. The van der Waals surface area contributed by atoms with Gasteiger partial charge in [-0.15, -0.1) is 0 Å². The summed E-state index contributed by atoms with van der Waals surface area (Å²) in [5, 5.41) is 2.56. The van der Waals surface area contributed by atoms with Crippen molar-refractivity contribution in [3.05, 3.63) is 29.8 Å². The van der Waals surface area contributed by atoms with Gasteiger partial charge >= 0.3 is 0 Å². The molecule has 0 bridgehead atoms. The van der Waals surface area contributed by atoms with Gasteiger partial charge < -0.3 is 11.1 Å². The fourth-order valence-corrected chi connectivity index (χ4v) is 2.50. The van der Waals surface area contributed by atoms with Crippen molar-refractivity contribution in [3.8, 4) is 0 Å². The predicted molar refractivity (Wildman–Crippen MR) is 75.0 cm³/mol. The maximum atomic E-state index is 11.6. The van der Waals surface area contributed by atoms with E-state index in [0.29, 0.717) is 12.2 Å². The average Bonchev–Trinajstić information content (AvgIpc) is 2.31. The van der Waals surface area contributed by atoms with Crippen molar-refractivity contribution < 1.29 is 13.2 Å². The van der Waals surface area contributed by atoms with Crippen LogP contribution in [0.2, 0.25) is 0 Å². The highest BCUT2D eigenvalue weighted by atomic mass is 32.2. The Morgan fingerprint density at radius 3 is 2.63 bits per heavy atom. The molecule has 1 aromatic carbocycles. The first-order valence-corrected chi connectivity index (χ1v) is 7.67. The maximum Gasteiger partial charge on any atom is 0.224 e. The predicted octanol–water partition coefficient (Wildman–Crippen LogP) is -0.133. The summed E-state index contributed by atoms with van der Waals surface area (Å²) >= 11 is 0. The molecule has 0 saturated heterocycles. The Hall–Kier alpha value is -1.60. The molecule has 0 fully saturated rings. The Morgan fingerprint density at radius 1 is 1.32 bits per heavy atom. The molecule has 0 aromatic heterocycles. The molecule has 6 nitrogen and oxygen atoms in total. The Bertz CT molecular complexity index is 529. The smallest absolute Gasteiger partial charge is 0.224 e. The van der Waals surface area contributed by atoms with E-state index in [0.717, 1.165) is 5.56 Å². The van der Waals surface area contributed by atoms with Gasteiger partial charge in [0.05, 0.1) is 12.2 Å². The Kier molecular flexibility index (Phi) is 5.78. The Morgan fingerprint density at radius 2 is 2.00 bits per heavy atom. The molecular formula is C12H19N3O3S. The zero-order chi connectivity index (χ0) is 14.3. The number of sulfonamides is 1. The van der Waals surface area contributed by atoms with Crippen molar-refractivity contribution in [1.82, 2.24) is 10.0 Å². The number of anilines is 1. The summed E-state index contributed by atoms with van der Waals surface area (Å²) in [6, 6.07) is 7.08. The number of hydrogen-bond acceptors (Lipinski definition) is 4. The van der Waals surface area contributed by atoms with Crippen LogP contribution in [0.1, 0.15) is 12.5 Å². The normalized spacial score (nSPS) is 11.2. The van der Waals surface area contributed by atoms with E-state index in [-0.39, 0.29) is 24.6 Å². The number of nitrogens with two attached hydrogens (primary N) is 1. The van der Waals surface area contributed by atoms with Crippen LogP contribution in [-0.4, -0.2) is 33.2 Å². The standard InChI is InChI=1S/C12H19N3O3S/c1-2-15-19(17,18)8-7-14-12(16)9-10-5-3-4-6-11(10)13/h3-6,15H,2,7-9,13H2,1H3,(H,14,16). The molecule has 0 heterocycles. The van der Waals surface area contributed by atoms with Gasteiger partial charge in [-0.25, -0.2) is 13.1 Å². The average molecular weight is 285 g/mol. The first-order chi connectivity index (χ1) is 8.94. The lowest BCUT2D eigenvalue weighted by atomic mass is 10.1. The number of amides is 1. The molecule has 0 spiro atoms. The molecule has 1 aromatic rings. The van der Waals surface area contributed by atoms with E-state index < -0.39 is 10.0 Å². The third-order valence-electron chi connectivity index (χ3n) is 2.46. The van der Waals surface area contributed by atoms with Crippen LogP contribution in [0.15, 0.2) is 24.3 Å². The molecular weight excluding hydrogens is 266 g/mol. The van der Waals surface area contributed by atoms with E-state index in [9.17, 15) is 13.2 Å². The van der Waals surface area contributed by atoms with E-state index in [1.54, 1.807) is 31.2 Å². The number of carbonyl (C=O) groups is 1. The van der Waals surface area contributed by atoms with Crippen LogP contribution in [-0.2, 0) is 21.2 Å². The van der Waals surface area contributed by atoms with E-state index in [4.69, 9.17) is 5.73 Å². The van der Waals surface area contributed by atoms with Crippen LogP contribution in [0, 0.1) is 0 Å². The van der Waals surface area contributed by atoms with Crippen molar-refractivity contribution in [2.24, 2.45) is 0 Å². The van der Waals surface area contributed by atoms with Gasteiger partial charge in [-0.3, -0.25) is 4.79 Å². The minimum Gasteiger partial charge on any atom is -0.398 e. The third kappa shape index (κ3) is 5.71. The number of benzene rings is 1. The monoisotopic (exact) mass is 285 g/mol. The molecule has 106 valence electrons. The van der Waals surface area contributed by atoms with Crippen LogP contribution >= 0.6 is 0 Å². The lowest BCUT2D eigenvalue weighted by Crippen LogP contribution is -2.35. The molecule has 1 amide bonds. The molecule has 0 saturated carbocycles. The highest BCUT2D eigenvalue weighted by molar-refractivity contribution is 7.89. The van der Waals surface area contributed by atoms with E-state index >= 15 is 0 Å². The Balaban J connectivity index is 2.39. The first-order valence-electron chi connectivity index (χ1n) is 6.02. The second-order valence-corrected chi connectivity index (χ2v) is 5.97. The van der Waals surface area contributed by atoms with Gasteiger partial charge in [-0.1, -0.05) is 25.1 Å². The zero-order valence-corrected chi connectivity index (χ0v) is 11.7. The number of hydrogen-bond donors (Lipinski definition) is 3. The number of nitrogen functional groups attached to an aromatic ring is 1. The first kappa shape index (κ1) is 15.5. The number of para-hydroxylation sites is 1. The zero-order valence-electron chi connectivity index (χ0n) is 10.8. The lowest BCUT2D eigenvalue weighted by molar-refractivity contribution is -0.120. The third-order valence-corrected chi connectivity index (χ3v) is 3.93. The second kappa shape index (κ2) is 7.10. The van der Waals surface area contributed by atoms with Gasteiger partial charge in [-0.2, -0.15) is 0 Å². The molecule has 0 radical (unpaired) electrons. The SMILES string of the molecule is CCNS(=O)(=O)CCNC(=O)Cc1ccccc1N. The van der Waals surface area contributed by atoms with Crippen molar-refractivity contribution in [2.75, 3.05) is 24.6 Å². The lowest BCUT2D eigenvalue weighted by Gasteiger charge is -2.08. The van der Waals surface area contributed by atoms with Gasteiger partial charge in [0.1, 0.15) is 0 Å². The molecule has 4 N–H and O–H groups in total. The van der Waals surface area contributed by atoms with Crippen molar-refractivity contribution in [2.45, 2.75) is 13.3 Å². The van der Waals surface area contributed by atoms with Gasteiger partial charge in [0.2, 0.25) is 15.9 Å². The van der Waals surface area contributed by atoms with Crippen LogP contribution in [0.25, 0.3) is 0 Å². The van der Waals surface area contributed by atoms with Crippen molar-refractivity contribution in [1.29, 1.82) is 0 Å². The summed E-state index contributed by atoms with van der Waals surface area (Å²) in [5.41, 5.74) is 7.01.